The first-order chi connectivity index (χ1) is 10.8. The molecule has 1 atom stereocenters. The summed E-state index contributed by atoms with van der Waals surface area (Å²) >= 11 is 0. The Bertz CT molecular complexity index is 711. The van der Waals surface area contributed by atoms with Crippen molar-refractivity contribution in [3.63, 3.8) is 0 Å². The Hall–Kier alpha value is -2.42. The fraction of sp³-hybridized carbons (Fsp3) is 0.500. The zero-order valence-electron chi connectivity index (χ0n) is 12.4. The molecule has 2 aliphatic rings. The number of hydrogen-bond acceptors (Lipinski definition) is 5. The van der Waals surface area contributed by atoms with Gasteiger partial charge in [-0.15, -0.1) is 10.2 Å². The Morgan fingerprint density at radius 3 is 2.95 bits per heavy atom. The standard InChI is InChI=1S/C16H18N6/c17-9-12-5-6-14(18-10-12)21-7-1-3-13(11-21)16-20-19-15-4-2-8-22(15)16/h5-6,10,13H,1-4,7-8,11H2. The number of pyridine rings is 1. The minimum absolute atomic E-state index is 0.422. The highest BCUT2D eigenvalue weighted by molar-refractivity contribution is 5.42. The maximum Gasteiger partial charge on any atom is 0.137 e. The molecular formula is C16H18N6. The van der Waals surface area contributed by atoms with Gasteiger partial charge in [0, 0.05) is 38.2 Å². The maximum atomic E-state index is 8.87. The van der Waals surface area contributed by atoms with Crippen molar-refractivity contribution in [3.05, 3.63) is 35.5 Å². The number of rotatable bonds is 2. The largest absolute Gasteiger partial charge is 0.356 e. The van der Waals surface area contributed by atoms with Crippen LogP contribution >= 0.6 is 0 Å². The highest BCUT2D eigenvalue weighted by Crippen LogP contribution is 2.30. The maximum absolute atomic E-state index is 8.87. The Balaban J connectivity index is 1.55. The van der Waals surface area contributed by atoms with Crippen LogP contribution in [0.4, 0.5) is 5.82 Å². The number of anilines is 1. The highest BCUT2D eigenvalue weighted by atomic mass is 15.3. The fourth-order valence-corrected chi connectivity index (χ4v) is 3.51. The van der Waals surface area contributed by atoms with E-state index in [1.807, 2.05) is 12.1 Å². The van der Waals surface area contributed by atoms with Gasteiger partial charge in [0.05, 0.1) is 5.56 Å². The van der Waals surface area contributed by atoms with Crippen molar-refractivity contribution in [2.75, 3.05) is 18.0 Å². The van der Waals surface area contributed by atoms with Crippen molar-refractivity contribution < 1.29 is 0 Å². The van der Waals surface area contributed by atoms with Crippen LogP contribution in [-0.2, 0) is 13.0 Å². The molecule has 0 amide bonds. The molecular weight excluding hydrogens is 276 g/mol. The van der Waals surface area contributed by atoms with Crippen molar-refractivity contribution in [3.8, 4) is 6.07 Å². The van der Waals surface area contributed by atoms with Gasteiger partial charge in [0.1, 0.15) is 23.5 Å². The van der Waals surface area contributed by atoms with Gasteiger partial charge in [-0.3, -0.25) is 0 Å². The molecule has 0 spiro atoms. The fourth-order valence-electron chi connectivity index (χ4n) is 3.51. The lowest BCUT2D eigenvalue weighted by molar-refractivity contribution is 0.471. The molecule has 4 rings (SSSR count). The van der Waals surface area contributed by atoms with E-state index in [1.165, 1.54) is 6.42 Å². The summed E-state index contributed by atoms with van der Waals surface area (Å²) in [5.74, 6) is 3.66. The molecule has 6 nitrogen and oxygen atoms in total. The zero-order valence-corrected chi connectivity index (χ0v) is 12.4. The number of aromatic nitrogens is 4. The Kier molecular flexibility index (Phi) is 3.26. The van der Waals surface area contributed by atoms with Gasteiger partial charge in [-0.25, -0.2) is 4.98 Å². The first kappa shape index (κ1) is 13.3. The van der Waals surface area contributed by atoms with Crippen LogP contribution in [0.1, 0.15) is 42.4 Å². The highest BCUT2D eigenvalue weighted by Gasteiger charge is 2.28. The number of nitriles is 1. The topological polar surface area (TPSA) is 70.6 Å². The lowest BCUT2D eigenvalue weighted by atomic mass is 9.97. The summed E-state index contributed by atoms with van der Waals surface area (Å²) in [5, 5.41) is 17.6. The molecule has 0 aromatic carbocycles. The van der Waals surface area contributed by atoms with Gasteiger partial charge in [-0.05, 0) is 31.4 Å². The molecule has 0 bridgehead atoms. The number of nitrogens with zero attached hydrogens (tertiary/aromatic N) is 6. The molecule has 6 heteroatoms. The molecule has 0 saturated carbocycles. The van der Waals surface area contributed by atoms with Crippen molar-refractivity contribution >= 4 is 5.82 Å². The number of fused-ring (bicyclic) bond motifs is 1. The Morgan fingerprint density at radius 2 is 2.14 bits per heavy atom. The van der Waals surface area contributed by atoms with E-state index in [0.29, 0.717) is 11.5 Å². The van der Waals surface area contributed by atoms with Crippen LogP contribution in [0.5, 0.6) is 0 Å². The summed E-state index contributed by atoms with van der Waals surface area (Å²) in [4.78, 5) is 6.72. The average Bonchev–Trinajstić information content (AvgIpc) is 3.18. The van der Waals surface area contributed by atoms with Gasteiger partial charge < -0.3 is 9.47 Å². The number of hydrogen-bond donors (Lipinski definition) is 0. The second-order valence-corrected chi connectivity index (χ2v) is 6.03. The normalized spacial score (nSPS) is 20.7. The van der Waals surface area contributed by atoms with Crippen molar-refractivity contribution in [1.82, 2.24) is 19.7 Å². The van der Waals surface area contributed by atoms with E-state index in [0.717, 1.165) is 56.4 Å². The van der Waals surface area contributed by atoms with Crippen LogP contribution in [0.15, 0.2) is 18.3 Å². The van der Waals surface area contributed by atoms with E-state index in [1.54, 1.807) is 6.20 Å². The minimum atomic E-state index is 0.422. The van der Waals surface area contributed by atoms with Crippen molar-refractivity contribution in [1.29, 1.82) is 5.26 Å². The van der Waals surface area contributed by atoms with Crippen LogP contribution < -0.4 is 4.90 Å². The predicted molar refractivity (Wildman–Crippen MR) is 81.5 cm³/mol. The van der Waals surface area contributed by atoms with E-state index >= 15 is 0 Å². The van der Waals surface area contributed by atoms with Crippen molar-refractivity contribution in [2.24, 2.45) is 0 Å². The molecule has 112 valence electrons. The predicted octanol–water partition coefficient (Wildman–Crippen LogP) is 1.87. The molecule has 4 heterocycles. The summed E-state index contributed by atoms with van der Waals surface area (Å²) in [6.07, 6.45) is 6.18. The summed E-state index contributed by atoms with van der Waals surface area (Å²) in [6, 6.07) is 5.89. The van der Waals surface area contributed by atoms with Gasteiger partial charge in [0.25, 0.3) is 0 Å². The third-order valence-electron chi connectivity index (χ3n) is 4.63. The van der Waals surface area contributed by atoms with Gasteiger partial charge in [0.2, 0.25) is 0 Å². The molecule has 0 N–H and O–H groups in total. The van der Waals surface area contributed by atoms with E-state index in [-0.39, 0.29) is 0 Å². The average molecular weight is 294 g/mol. The quantitative estimate of drug-likeness (QED) is 0.845. The Labute approximate surface area is 129 Å². The third-order valence-corrected chi connectivity index (χ3v) is 4.63. The summed E-state index contributed by atoms with van der Waals surface area (Å²) in [6.45, 7) is 3.00. The van der Waals surface area contributed by atoms with E-state index in [2.05, 4.69) is 30.7 Å². The molecule has 2 aromatic heterocycles. The van der Waals surface area contributed by atoms with Crippen LogP contribution in [0.3, 0.4) is 0 Å². The van der Waals surface area contributed by atoms with E-state index < -0.39 is 0 Å². The molecule has 1 saturated heterocycles. The molecule has 1 unspecified atom stereocenters. The number of aryl methyl sites for hydroxylation is 1. The first-order valence-corrected chi connectivity index (χ1v) is 7.88. The van der Waals surface area contributed by atoms with Gasteiger partial charge >= 0.3 is 0 Å². The lowest BCUT2D eigenvalue weighted by Gasteiger charge is -2.33. The molecule has 0 radical (unpaired) electrons. The third kappa shape index (κ3) is 2.23. The van der Waals surface area contributed by atoms with Crippen molar-refractivity contribution in [2.45, 2.75) is 38.1 Å². The van der Waals surface area contributed by atoms with Crippen LogP contribution in [0.25, 0.3) is 0 Å². The van der Waals surface area contributed by atoms with E-state index in [9.17, 15) is 0 Å². The minimum Gasteiger partial charge on any atom is -0.356 e. The van der Waals surface area contributed by atoms with Crippen LogP contribution in [0.2, 0.25) is 0 Å². The monoisotopic (exact) mass is 294 g/mol. The zero-order chi connectivity index (χ0) is 14.9. The SMILES string of the molecule is N#Cc1ccc(N2CCCC(c3nnc4n3CCC4)C2)nc1. The number of piperidine rings is 1. The van der Waals surface area contributed by atoms with Gasteiger partial charge in [-0.2, -0.15) is 5.26 Å². The second-order valence-electron chi connectivity index (χ2n) is 6.03. The van der Waals surface area contributed by atoms with Gasteiger partial charge in [0.15, 0.2) is 0 Å². The Morgan fingerprint density at radius 1 is 1.18 bits per heavy atom. The molecule has 2 aromatic rings. The molecule has 0 aliphatic carbocycles. The molecule has 1 fully saturated rings. The second kappa shape index (κ2) is 5.41. The van der Waals surface area contributed by atoms with Gasteiger partial charge in [-0.1, -0.05) is 0 Å². The first-order valence-electron chi connectivity index (χ1n) is 7.88. The van der Waals surface area contributed by atoms with Crippen LogP contribution in [0, 0.1) is 11.3 Å². The summed E-state index contributed by atoms with van der Waals surface area (Å²) in [5.41, 5.74) is 0.604. The lowest BCUT2D eigenvalue weighted by Crippen LogP contribution is -2.35. The van der Waals surface area contributed by atoms with Crippen LogP contribution in [-0.4, -0.2) is 32.8 Å². The summed E-state index contributed by atoms with van der Waals surface area (Å²) < 4.78 is 2.31. The summed E-state index contributed by atoms with van der Waals surface area (Å²) in [7, 11) is 0. The van der Waals surface area contributed by atoms with E-state index in [4.69, 9.17) is 5.26 Å². The molecule has 2 aliphatic heterocycles. The smallest absolute Gasteiger partial charge is 0.137 e. The molecule has 22 heavy (non-hydrogen) atoms.